The van der Waals surface area contributed by atoms with Crippen molar-refractivity contribution in [2.75, 3.05) is 6.61 Å². The highest BCUT2D eigenvalue weighted by Gasteiger charge is 2.34. The second-order valence-electron chi connectivity index (χ2n) is 8.67. The van der Waals surface area contributed by atoms with Crippen LogP contribution < -0.4 is 5.56 Å². The number of unbranched alkanes of at least 4 members (excludes halogenated alkanes) is 1. The number of aromatic nitrogens is 2. The molecule has 35 heavy (non-hydrogen) atoms. The highest BCUT2D eigenvalue weighted by atomic mass is 19.1. The molecule has 186 valence electrons. The number of benzene rings is 1. The van der Waals surface area contributed by atoms with Gasteiger partial charge in [0, 0.05) is 29.2 Å². The van der Waals surface area contributed by atoms with E-state index >= 15 is 0 Å². The molecule has 0 fully saturated rings. The summed E-state index contributed by atoms with van der Waals surface area (Å²) < 4.78 is 21.4. The number of rotatable bonds is 5. The Bertz CT molecular complexity index is 1380. The van der Waals surface area contributed by atoms with E-state index in [0.717, 1.165) is 28.5 Å². The van der Waals surface area contributed by atoms with Crippen LogP contribution in [0.25, 0.3) is 22.3 Å². The van der Waals surface area contributed by atoms with Crippen molar-refractivity contribution in [3.63, 3.8) is 0 Å². The number of halogens is 1. The fourth-order valence-electron chi connectivity index (χ4n) is 5.15. The molecule has 2 aliphatic heterocycles. The minimum Gasteiger partial charge on any atom is -0.458 e. The lowest BCUT2D eigenvalue weighted by Crippen LogP contribution is -2.32. The number of nitrogens with zero attached hydrogens (tertiary/aromatic N) is 2. The van der Waals surface area contributed by atoms with E-state index in [1.54, 1.807) is 17.6 Å². The third-order valence-corrected chi connectivity index (χ3v) is 6.88. The van der Waals surface area contributed by atoms with Gasteiger partial charge in [-0.25, -0.2) is 14.2 Å². The van der Waals surface area contributed by atoms with Gasteiger partial charge in [-0.05, 0) is 55.4 Å². The van der Waals surface area contributed by atoms with Crippen LogP contribution >= 0.6 is 0 Å². The first kappa shape index (κ1) is 25.0. The van der Waals surface area contributed by atoms with E-state index in [1.807, 2.05) is 20.8 Å². The van der Waals surface area contributed by atoms with Crippen molar-refractivity contribution >= 4 is 16.9 Å². The topological polar surface area (TPSA) is 102 Å². The average molecular weight is 483 g/mol. The first-order valence-corrected chi connectivity index (χ1v) is 12.2. The number of carbonyl (C=O) groups is 1. The molecule has 2 N–H and O–H groups in total. The molecule has 0 radical (unpaired) electrons. The SMILES string of the molecule is CC.CCc1c2c(nc3cc(F)c(C)c(CCCCO)c13)-c1cc3c(c(=O)n1C2)COC(=O)C3O. The Kier molecular flexibility index (Phi) is 7.05. The van der Waals surface area contributed by atoms with E-state index < -0.39 is 12.1 Å². The van der Waals surface area contributed by atoms with Crippen molar-refractivity contribution in [2.45, 2.75) is 72.6 Å². The molecule has 0 amide bonds. The molecule has 2 aliphatic rings. The van der Waals surface area contributed by atoms with E-state index in [9.17, 15) is 24.2 Å². The second kappa shape index (κ2) is 9.87. The van der Waals surface area contributed by atoms with Gasteiger partial charge < -0.3 is 19.5 Å². The number of hydrogen-bond acceptors (Lipinski definition) is 6. The molecule has 0 saturated heterocycles. The first-order valence-electron chi connectivity index (χ1n) is 12.2. The van der Waals surface area contributed by atoms with Crippen LogP contribution in [0.1, 0.15) is 73.1 Å². The average Bonchev–Trinajstić information content (AvgIpc) is 3.23. The summed E-state index contributed by atoms with van der Waals surface area (Å²) >= 11 is 0. The largest absolute Gasteiger partial charge is 0.458 e. The predicted octanol–water partition coefficient (Wildman–Crippen LogP) is 3.87. The molecule has 3 aromatic rings. The Morgan fingerprint density at radius 2 is 1.91 bits per heavy atom. The second-order valence-corrected chi connectivity index (χ2v) is 8.67. The van der Waals surface area contributed by atoms with Crippen molar-refractivity contribution in [2.24, 2.45) is 0 Å². The van der Waals surface area contributed by atoms with Crippen molar-refractivity contribution < 1.29 is 24.1 Å². The Labute approximate surface area is 203 Å². The fraction of sp³-hybridized carbons (Fsp3) is 0.444. The van der Waals surface area contributed by atoms with Gasteiger partial charge in [0.25, 0.3) is 5.56 Å². The zero-order valence-electron chi connectivity index (χ0n) is 20.6. The minimum absolute atomic E-state index is 0.0849. The van der Waals surface area contributed by atoms with Crippen LogP contribution in [0, 0.1) is 12.7 Å². The number of fused-ring (bicyclic) bond motifs is 5. The maximum Gasteiger partial charge on any atom is 0.340 e. The standard InChI is InChI=1S/C25H25FN2O5.C2H6/c1-3-13-16-10-28-20(8-15-17(24(28)31)11-33-25(32)23(15)30)22(16)27-19-9-18(26)12(2)14(21(13)19)6-4-5-7-29;1-2/h8-9,23,29-30H,3-7,10-11H2,1-2H3;1-2H3. The summed E-state index contributed by atoms with van der Waals surface area (Å²) in [6.45, 7) is 8.02. The quantitative estimate of drug-likeness (QED) is 0.331. The number of carbonyl (C=O) groups excluding carboxylic acids is 1. The van der Waals surface area contributed by atoms with Gasteiger partial charge in [-0.3, -0.25) is 4.79 Å². The molecular formula is C27H31FN2O5. The van der Waals surface area contributed by atoms with Gasteiger partial charge in [-0.15, -0.1) is 0 Å². The van der Waals surface area contributed by atoms with Crippen molar-refractivity contribution in [1.29, 1.82) is 0 Å². The van der Waals surface area contributed by atoms with Gasteiger partial charge >= 0.3 is 5.97 Å². The maximum atomic E-state index is 14.9. The van der Waals surface area contributed by atoms with E-state index in [-0.39, 0.29) is 35.7 Å². The number of aliphatic hydroxyl groups is 2. The number of aliphatic hydroxyl groups excluding tert-OH is 2. The number of esters is 1. The molecule has 8 heteroatoms. The summed E-state index contributed by atoms with van der Waals surface area (Å²) in [6.07, 6.45) is 1.15. The molecule has 4 heterocycles. The van der Waals surface area contributed by atoms with Crippen LogP contribution in [-0.4, -0.2) is 32.3 Å². The van der Waals surface area contributed by atoms with Gasteiger partial charge in [0.05, 0.1) is 29.0 Å². The van der Waals surface area contributed by atoms with Crippen molar-refractivity contribution in [3.8, 4) is 11.4 Å². The Morgan fingerprint density at radius 1 is 1.17 bits per heavy atom. The molecule has 7 nitrogen and oxygen atoms in total. The predicted molar refractivity (Wildman–Crippen MR) is 131 cm³/mol. The molecule has 1 aromatic carbocycles. The highest BCUT2D eigenvalue weighted by molar-refractivity contribution is 5.92. The summed E-state index contributed by atoms with van der Waals surface area (Å²) in [6, 6.07) is 3.07. The van der Waals surface area contributed by atoms with E-state index in [4.69, 9.17) is 9.72 Å². The molecule has 2 aromatic heterocycles. The summed E-state index contributed by atoms with van der Waals surface area (Å²) in [4.78, 5) is 29.9. The maximum absolute atomic E-state index is 14.9. The van der Waals surface area contributed by atoms with Gasteiger partial charge in [-0.2, -0.15) is 0 Å². The number of cyclic esters (lactones) is 1. The van der Waals surface area contributed by atoms with Crippen molar-refractivity contribution in [3.05, 3.63) is 61.7 Å². The molecule has 5 rings (SSSR count). The Morgan fingerprint density at radius 3 is 2.60 bits per heavy atom. The monoisotopic (exact) mass is 482 g/mol. The summed E-state index contributed by atoms with van der Waals surface area (Å²) in [5, 5.41) is 20.4. The first-order chi connectivity index (χ1) is 16.9. The van der Waals surface area contributed by atoms with Crippen LogP contribution in [0.4, 0.5) is 4.39 Å². The third-order valence-electron chi connectivity index (χ3n) is 6.88. The number of pyridine rings is 2. The van der Waals surface area contributed by atoms with Crippen LogP contribution in [0.15, 0.2) is 16.9 Å². The van der Waals surface area contributed by atoms with Gasteiger partial charge in [0.2, 0.25) is 0 Å². The van der Waals surface area contributed by atoms with Crippen LogP contribution in [-0.2, 0) is 35.5 Å². The van der Waals surface area contributed by atoms with E-state index in [2.05, 4.69) is 0 Å². The van der Waals surface area contributed by atoms with E-state index in [1.165, 1.54) is 6.07 Å². The van der Waals surface area contributed by atoms with Crippen LogP contribution in [0.5, 0.6) is 0 Å². The highest BCUT2D eigenvalue weighted by Crippen LogP contribution is 2.40. The lowest BCUT2D eigenvalue weighted by atomic mass is 9.90. The molecule has 0 aliphatic carbocycles. The van der Waals surface area contributed by atoms with Crippen LogP contribution in [0.3, 0.4) is 0 Å². The molecule has 0 spiro atoms. The lowest BCUT2D eigenvalue weighted by Gasteiger charge is -2.21. The number of hydrogen-bond donors (Lipinski definition) is 2. The van der Waals surface area contributed by atoms with Gasteiger partial charge in [0.15, 0.2) is 6.10 Å². The zero-order chi connectivity index (χ0) is 25.4. The van der Waals surface area contributed by atoms with Gasteiger partial charge in [-0.1, -0.05) is 20.8 Å². The van der Waals surface area contributed by atoms with E-state index in [0.29, 0.717) is 48.3 Å². The fourth-order valence-corrected chi connectivity index (χ4v) is 5.15. The molecule has 0 saturated carbocycles. The molecule has 1 atom stereocenters. The van der Waals surface area contributed by atoms with Crippen LogP contribution in [0.2, 0.25) is 0 Å². The summed E-state index contributed by atoms with van der Waals surface area (Å²) in [5.74, 6) is -1.12. The third kappa shape index (κ3) is 3.94. The Hall–Kier alpha value is -3.10. The van der Waals surface area contributed by atoms with Gasteiger partial charge in [0.1, 0.15) is 12.4 Å². The normalized spacial score (nSPS) is 15.7. The molecular weight excluding hydrogens is 451 g/mol. The van der Waals surface area contributed by atoms with Crippen molar-refractivity contribution in [1.82, 2.24) is 9.55 Å². The lowest BCUT2D eigenvalue weighted by molar-refractivity contribution is -0.157. The number of ether oxygens (including phenoxy) is 1. The smallest absolute Gasteiger partial charge is 0.340 e. The molecule has 0 bridgehead atoms. The molecule has 1 unspecified atom stereocenters. The Balaban J connectivity index is 0.00000141. The zero-order valence-corrected chi connectivity index (χ0v) is 20.6. The number of aryl methyl sites for hydroxylation is 2. The minimum atomic E-state index is -1.51. The summed E-state index contributed by atoms with van der Waals surface area (Å²) in [5.41, 5.74) is 5.21. The summed E-state index contributed by atoms with van der Waals surface area (Å²) in [7, 11) is 0.